The third kappa shape index (κ3) is 4.49. The van der Waals surface area contributed by atoms with Gasteiger partial charge in [0.25, 0.3) is 0 Å². The van der Waals surface area contributed by atoms with Gasteiger partial charge in [-0.15, -0.1) is 0 Å². The second kappa shape index (κ2) is 8.02. The summed E-state index contributed by atoms with van der Waals surface area (Å²) in [5.74, 6) is 0.650. The third-order valence-electron chi connectivity index (χ3n) is 3.77. The van der Waals surface area contributed by atoms with Crippen LogP contribution in [0.4, 0.5) is 5.69 Å². The van der Waals surface area contributed by atoms with Gasteiger partial charge < -0.3 is 10.1 Å². The summed E-state index contributed by atoms with van der Waals surface area (Å²) in [4.78, 5) is 11.6. The molecule has 0 fully saturated rings. The molecule has 2 aromatic carbocycles. The minimum atomic E-state index is -0.0152. The lowest BCUT2D eigenvalue weighted by molar-refractivity contribution is -0.115. The number of anilines is 1. The quantitative estimate of drug-likeness (QED) is 0.796. The summed E-state index contributed by atoms with van der Waals surface area (Å²) in [5.41, 5.74) is 4.08. The van der Waals surface area contributed by atoms with Crippen LogP contribution in [0.25, 0.3) is 0 Å². The van der Waals surface area contributed by atoms with Crippen molar-refractivity contribution in [3.05, 3.63) is 58.1 Å². The van der Waals surface area contributed by atoms with Crippen LogP contribution in [-0.2, 0) is 17.8 Å². The highest BCUT2D eigenvalue weighted by atomic mass is 35.5. The molecule has 0 heterocycles. The van der Waals surface area contributed by atoms with Crippen LogP contribution < -0.4 is 10.1 Å². The van der Waals surface area contributed by atoms with Crippen molar-refractivity contribution in [3.63, 3.8) is 0 Å². The van der Waals surface area contributed by atoms with Gasteiger partial charge in [-0.1, -0.05) is 43.6 Å². The first-order chi connectivity index (χ1) is 11.0. The van der Waals surface area contributed by atoms with E-state index in [9.17, 15) is 4.79 Å². The summed E-state index contributed by atoms with van der Waals surface area (Å²) < 4.78 is 5.88. The van der Waals surface area contributed by atoms with E-state index in [4.69, 9.17) is 16.3 Å². The average molecular weight is 332 g/mol. The highest BCUT2D eigenvalue weighted by Gasteiger charge is 2.09. The zero-order valence-electron chi connectivity index (χ0n) is 13.8. The van der Waals surface area contributed by atoms with Gasteiger partial charge in [0, 0.05) is 17.7 Å². The number of hydrogen-bond donors (Lipinski definition) is 1. The summed E-state index contributed by atoms with van der Waals surface area (Å²) in [6.45, 7) is 6.33. The van der Waals surface area contributed by atoms with Crippen LogP contribution in [0.1, 0.15) is 37.0 Å². The Hall–Kier alpha value is -2.00. The molecule has 23 heavy (non-hydrogen) atoms. The molecule has 4 heteroatoms. The van der Waals surface area contributed by atoms with E-state index in [1.807, 2.05) is 43.3 Å². The number of benzene rings is 2. The highest BCUT2D eigenvalue weighted by Crippen LogP contribution is 2.29. The molecule has 0 aliphatic rings. The molecule has 0 aliphatic carbocycles. The van der Waals surface area contributed by atoms with Crippen molar-refractivity contribution in [1.29, 1.82) is 0 Å². The van der Waals surface area contributed by atoms with Crippen LogP contribution in [0.5, 0.6) is 5.75 Å². The molecule has 2 aromatic rings. The minimum Gasteiger partial charge on any atom is -0.487 e. The van der Waals surface area contributed by atoms with Crippen molar-refractivity contribution in [2.75, 3.05) is 5.32 Å². The number of hydrogen-bond acceptors (Lipinski definition) is 2. The van der Waals surface area contributed by atoms with Crippen LogP contribution >= 0.6 is 11.6 Å². The smallest absolute Gasteiger partial charge is 0.224 e. The lowest BCUT2D eigenvalue weighted by atomic mass is 10.1. The second-order valence-electron chi connectivity index (χ2n) is 5.41. The Morgan fingerprint density at radius 3 is 2.61 bits per heavy atom. The van der Waals surface area contributed by atoms with E-state index < -0.39 is 0 Å². The first kappa shape index (κ1) is 17.4. The summed E-state index contributed by atoms with van der Waals surface area (Å²) >= 11 is 6.30. The Morgan fingerprint density at radius 1 is 1.17 bits per heavy atom. The number of para-hydroxylation sites is 1. The summed E-state index contributed by atoms with van der Waals surface area (Å²) in [5, 5.41) is 3.50. The Labute approximate surface area is 142 Å². The molecular formula is C19H22ClNO2. The first-order valence-corrected chi connectivity index (χ1v) is 8.22. The van der Waals surface area contributed by atoms with Crippen molar-refractivity contribution in [2.24, 2.45) is 0 Å². The molecule has 0 bridgehead atoms. The minimum absolute atomic E-state index is 0.0152. The average Bonchev–Trinajstić information content (AvgIpc) is 2.56. The number of amides is 1. The second-order valence-corrected chi connectivity index (χ2v) is 5.82. The Balaban J connectivity index is 2.15. The van der Waals surface area contributed by atoms with Gasteiger partial charge in [-0.05, 0) is 42.7 Å². The maximum absolute atomic E-state index is 11.6. The SMILES string of the molecule is CCC(=O)Nc1ccccc1COc1cc(C)c(CC)cc1Cl. The zero-order chi connectivity index (χ0) is 16.8. The van der Waals surface area contributed by atoms with Crippen molar-refractivity contribution < 1.29 is 9.53 Å². The van der Waals surface area contributed by atoms with E-state index in [1.54, 1.807) is 0 Å². The normalized spacial score (nSPS) is 10.4. The number of aryl methyl sites for hydroxylation is 2. The van der Waals surface area contributed by atoms with Crippen molar-refractivity contribution in [1.82, 2.24) is 0 Å². The van der Waals surface area contributed by atoms with E-state index in [0.29, 0.717) is 23.8 Å². The van der Waals surface area contributed by atoms with E-state index in [0.717, 1.165) is 17.7 Å². The van der Waals surface area contributed by atoms with Gasteiger partial charge in [0.2, 0.25) is 5.91 Å². The molecule has 0 saturated carbocycles. The Kier molecular flexibility index (Phi) is 6.05. The molecule has 0 saturated heterocycles. The molecule has 0 radical (unpaired) electrons. The van der Waals surface area contributed by atoms with Gasteiger partial charge in [0.1, 0.15) is 12.4 Å². The monoisotopic (exact) mass is 331 g/mol. The maximum Gasteiger partial charge on any atom is 0.224 e. The summed E-state index contributed by atoms with van der Waals surface area (Å²) in [7, 11) is 0. The molecule has 0 aromatic heterocycles. The van der Waals surface area contributed by atoms with Gasteiger partial charge in [0.15, 0.2) is 0 Å². The molecule has 0 spiro atoms. The molecule has 122 valence electrons. The van der Waals surface area contributed by atoms with E-state index in [2.05, 4.69) is 19.2 Å². The molecule has 0 atom stereocenters. The van der Waals surface area contributed by atoms with Crippen LogP contribution in [-0.4, -0.2) is 5.91 Å². The van der Waals surface area contributed by atoms with Crippen LogP contribution in [0.2, 0.25) is 5.02 Å². The zero-order valence-corrected chi connectivity index (χ0v) is 14.5. The van der Waals surface area contributed by atoms with Gasteiger partial charge in [0.05, 0.1) is 5.02 Å². The van der Waals surface area contributed by atoms with Crippen LogP contribution in [0.3, 0.4) is 0 Å². The standard InChI is InChI=1S/C19H22ClNO2/c1-4-14-11-16(20)18(10-13(14)3)23-12-15-8-6-7-9-17(15)21-19(22)5-2/h6-11H,4-5,12H2,1-3H3,(H,21,22). The lowest BCUT2D eigenvalue weighted by Crippen LogP contribution is -2.12. The number of carbonyl (C=O) groups is 1. The number of carbonyl (C=O) groups excluding carboxylic acids is 1. The Morgan fingerprint density at radius 2 is 1.91 bits per heavy atom. The van der Waals surface area contributed by atoms with Crippen molar-refractivity contribution in [2.45, 2.75) is 40.2 Å². The van der Waals surface area contributed by atoms with Gasteiger partial charge >= 0.3 is 0 Å². The molecule has 1 amide bonds. The van der Waals surface area contributed by atoms with E-state index in [1.165, 1.54) is 11.1 Å². The Bertz CT molecular complexity index is 698. The fraction of sp³-hybridized carbons (Fsp3) is 0.316. The third-order valence-corrected chi connectivity index (χ3v) is 4.06. The van der Waals surface area contributed by atoms with Crippen LogP contribution in [0, 0.1) is 6.92 Å². The van der Waals surface area contributed by atoms with Crippen molar-refractivity contribution in [3.8, 4) is 5.75 Å². The molecule has 2 rings (SSSR count). The molecule has 3 nitrogen and oxygen atoms in total. The molecule has 0 unspecified atom stereocenters. The number of halogens is 1. The lowest BCUT2D eigenvalue weighted by Gasteiger charge is -2.14. The van der Waals surface area contributed by atoms with Gasteiger partial charge in [-0.2, -0.15) is 0 Å². The maximum atomic E-state index is 11.6. The summed E-state index contributed by atoms with van der Waals surface area (Å²) in [6.07, 6.45) is 1.39. The highest BCUT2D eigenvalue weighted by molar-refractivity contribution is 6.32. The molecule has 1 N–H and O–H groups in total. The fourth-order valence-corrected chi connectivity index (χ4v) is 2.59. The predicted octanol–water partition coefficient (Wildman–Crippen LogP) is 5.14. The van der Waals surface area contributed by atoms with Gasteiger partial charge in [-0.25, -0.2) is 0 Å². The number of nitrogens with one attached hydrogen (secondary N) is 1. The van der Waals surface area contributed by atoms with E-state index in [-0.39, 0.29) is 5.91 Å². The topological polar surface area (TPSA) is 38.3 Å². The number of ether oxygens (including phenoxy) is 1. The molecule has 0 aliphatic heterocycles. The summed E-state index contributed by atoms with van der Waals surface area (Å²) in [6, 6.07) is 11.5. The first-order valence-electron chi connectivity index (χ1n) is 7.84. The van der Waals surface area contributed by atoms with E-state index >= 15 is 0 Å². The van der Waals surface area contributed by atoms with Crippen molar-refractivity contribution >= 4 is 23.2 Å². The fourth-order valence-electron chi connectivity index (χ4n) is 2.35. The van der Waals surface area contributed by atoms with Crippen LogP contribution in [0.15, 0.2) is 36.4 Å². The predicted molar refractivity (Wildman–Crippen MR) is 95.3 cm³/mol. The number of rotatable bonds is 6. The van der Waals surface area contributed by atoms with Gasteiger partial charge in [-0.3, -0.25) is 4.79 Å². The largest absolute Gasteiger partial charge is 0.487 e. The molecular weight excluding hydrogens is 310 g/mol.